The van der Waals surface area contributed by atoms with Crippen LogP contribution in [-0.4, -0.2) is 35.2 Å². The van der Waals surface area contributed by atoms with Crippen molar-refractivity contribution < 1.29 is 24.2 Å². The van der Waals surface area contributed by atoms with Gasteiger partial charge in [-0.05, 0) is 49.7 Å². The predicted molar refractivity (Wildman–Crippen MR) is 155 cm³/mol. The molecule has 0 saturated carbocycles. The number of aryl methyl sites for hydroxylation is 1. The van der Waals surface area contributed by atoms with Crippen LogP contribution >= 0.6 is 69.8 Å². The molecule has 13 heteroatoms. The van der Waals surface area contributed by atoms with E-state index in [1.165, 1.54) is 18.9 Å². The van der Waals surface area contributed by atoms with Crippen LogP contribution in [0.4, 0.5) is 11.4 Å². The number of carboxylic acids is 1. The first-order valence-corrected chi connectivity index (χ1v) is 13.4. The Bertz CT molecular complexity index is 1430. The van der Waals surface area contributed by atoms with Gasteiger partial charge in [0.25, 0.3) is 5.91 Å². The second-order valence-corrected chi connectivity index (χ2v) is 11.2. The maximum Gasteiger partial charge on any atom is 0.338 e. The molecule has 0 aliphatic heterocycles. The molecule has 38 heavy (non-hydrogen) atoms. The zero-order chi connectivity index (χ0) is 28.3. The summed E-state index contributed by atoms with van der Waals surface area (Å²) in [6, 6.07) is 9.93. The summed E-state index contributed by atoms with van der Waals surface area (Å²) in [5.41, 5.74) is 0.651. The molecular formula is C25H19Cl5N2O5S. The van der Waals surface area contributed by atoms with E-state index in [4.69, 9.17) is 62.7 Å². The highest BCUT2D eigenvalue weighted by Gasteiger charge is 2.29. The molecule has 200 valence electrons. The third-order valence-corrected chi connectivity index (χ3v) is 8.56. The van der Waals surface area contributed by atoms with Gasteiger partial charge in [0.15, 0.2) is 0 Å². The Balaban J connectivity index is 1.73. The van der Waals surface area contributed by atoms with Crippen LogP contribution in [0.25, 0.3) is 0 Å². The van der Waals surface area contributed by atoms with Gasteiger partial charge in [0, 0.05) is 21.7 Å². The van der Waals surface area contributed by atoms with E-state index in [0.29, 0.717) is 22.1 Å². The Morgan fingerprint density at radius 1 is 0.895 bits per heavy atom. The molecule has 0 aliphatic rings. The Kier molecular flexibility index (Phi) is 10.1. The van der Waals surface area contributed by atoms with Crippen molar-refractivity contribution >= 4 is 98.9 Å². The molecule has 0 aliphatic carbocycles. The minimum Gasteiger partial charge on any atom is -0.495 e. The fraction of sp³-hybridized carbons (Fsp3) is 0.160. The average molecular weight is 637 g/mol. The Labute approximate surface area is 247 Å². The van der Waals surface area contributed by atoms with Crippen LogP contribution < -0.4 is 15.4 Å². The van der Waals surface area contributed by atoms with Gasteiger partial charge in [0.1, 0.15) is 5.75 Å². The summed E-state index contributed by atoms with van der Waals surface area (Å²) < 4.78 is 5.30. The molecular weight excluding hydrogens is 618 g/mol. The van der Waals surface area contributed by atoms with E-state index in [1.807, 2.05) is 6.92 Å². The monoisotopic (exact) mass is 634 g/mol. The summed E-state index contributed by atoms with van der Waals surface area (Å²) in [5.74, 6) is -2.14. The molecule has 1 unspecified atom stereocenters. The number of thioether (sulfide) groups is 1. The summed E-state index contributed by atoms with van der Waals surface area (Å²) in [7, 11) is 1.49. The number of nitrogens with one attached hydrogen (secondary N) is 2. The number of carboxylic acid groups (broad SMARTS) is 1. The summed E-state index contributed by atoms with van der Waals surface area (Å²) in [6.45, 7) is 3.57. The fourth-order valence-electron chi connectivity index (χ4n) is 3.28. The standard InChI is InChI=1S/C25H19Cl5N2O5S/c1-10-8-15(16(37-3)9-14(10)26)32-23(33)11(2)38-13-6-4-12(5-7-13)31-24(34)17-18(25(35)36)20(28)22(30)21(29)19(17)27/h4-9,11H,1-3H3,(H,31,34)(H,32,33)(H,35,36). The molecule has 0 fully saturated rings. The first-order valence-electron chi connectivity index (χ1n) is 10.7. The molecule has 7 nitrogen and oxygen atoms in total. The normalized spacial score (nSPS) is 11.6. The number of hydrogen-bond donors (Lipinski definition) is 3. The highest BCUT2D eigenvalue weighted by atomic mass is 35.5. The zero-order valence-corrected chi connectivity index (χ0v) is 24.5. The molecule has 0 heterocycles. The van der Waals surface area contributed by atoms with Crippen molar-refractivity contribution in [2.24, 2.45) is 0 Å². The number of hydrogen-bond acceptors (Lipinski definition) is 5. The molecule has 0 bridgehead atoms. The number of aromatic carboxylic acids is 1. The van der Waals surface area contributed by atoms with Gasteiger partial charge in [0.2, 0.25) is 5.91 Å². The topological polar surface area (TPSA) is 105 Å². The minimum atomic E-state index is -1.49. The molecule has 0 aromatic heterocycles. The molecule has 3 aromatic rings. The SMILES string of the molecule is COc1cc(Cl)c(C)cc1NC(=O)C(C)Sc1ccc(NC(=O)c2c(Cl)c(Cl)c(Cl)c(Cl)c2C(=O)O)cc1. The van der Waals surface area contributed by atoms with Crippen LogP contribution in [0.2, 0.25) is 25.1 Å². The first-order chi connectivity index (χ1) is 17.8. The van der Waals surface area contributed by atoms with Crippen molar-refractivity contribution in [3.05, 3.63) is 78.2 Å². The van der Waals surface area contributed by atoms with Gasteiger partial charge in [-0.1, -0.05) is 58.0 Å². The summed E-state index contributed by atoms with van der Waals surface area (Å²) in [4.78, 5) is 38.2. The van der Waals surface area contributed by atoms with Crippen LogP contribution in [0, 0.1) is 6.92 Å². The quantitative estimate of drug-likeness (QED) is 0.130. The largest absolute Gasteiger partial charge is 0.495 e. The lowest BCUT2D eigenvalue weighted by atomic mass is 10.1. The maximum atomic E-state index is 12.9. The summed E-state index contributed by atoms with van der Waals surface area (Å²) >= 11 is 31.5. The van der Waals surface area contributed by atoms with Crippen molar-refractivity contribution in [1.29, 1.82) is 0 Å². The molecule has 0 radical (unpaired) electrons. The van der Waals surface area contributed by atoms with Crippen molar-refractivity contribution in [2.75, 3.05) is 17.7 Å². The van der Waals surface area contributed by atoms with E-state index in [-0.39, 0.29) is 21.0 Å². The van der Waals surface area contributed by atoms with Crippen molar-refractivity contribution in [2.45, 2.75) is 24.0 Å². The number of halogens is 5. The summed E-state index contributed by atoms with van der Waals surface area (Å²) in [5, 5.41) is 13.8. The highest BCUT2D eigenvalue weighted by Crippen LogP contribution is 2.42. The second-order valence-electron chi connectivity index (χ2n) is 7.84. The number of anilines is 2. The van der Waals surface area contributed by atoms with Gasteiger partial charge in [0.05, 0.1) is 49.3 Å². The lowest BCUT2D eigenvalue weighted by molar-refractivity contribution is -0.115. The van der Waals surface area contributed by atoms with Crippen LogP contribution in [0.5, 0.6) is 5.75 Å². The molecule has 3 rings (SSSR count). The molecule has 0 spiro atoms. The van der Waals surface area contributed by atoms with Gasteiger partial charge < -0.3 is 20.5 Å². The maximum absolute atomic E-state index is 12.9. The Morgan fingerprint density at radius 2 is 1.47 bits per heavy atom. The third-order valence-electron chi connectivity index (χ3n) is 5.24. The predicted octanol–water partition coefficient (Wildman–Crippen LogP) is 8.34. The van der Waals surface area contributed by atoms with Gasteiger partial charge in [-0.25, -0.2) is 4.79 Å². The van der Waals surface area contributed by atoms with Crippen molar-refractivity contribution in [3.63, 3.8) is 0 Å². The van der Waals surface area contributed by atoms with E-state index in [2.05, 4.69) is 10.6 Å². The van der Waals surface area contributed by atoms with Gasteiger partial charge in [-0.2, -0.15) is 0 Å². The van der Waals surface area contributed by atoms with Crippen LogP contribution in [0.1, 0.15) is 33.2 Å². The van der Waals surface area contributed by atoms with Gasteiger partial charge in [-0.15, -0.1) is 11.8 Å². The summed E-state index contributed by atoms with van der Waals surface area (Å²) in [6.07, 6.45) is 0. The molecule has 1 atom stereocenters. The second kappa shape index (κ2) is 12.7. The fourth-order valence-corrected chi connectivity index (χ4v) is 5.32. The number of amides is 2. The van der Waals surface area contributed by atoms with Crippen molar-refractivity contribution in [3.8, 4) is 5.75 Å². The molecule has 3 aromatic carbocycles. The number of carbonyl (C=O) groups excluding carboxylic acids is 2. The molecule has 3 N–H and O–H groups in total. The highest BCUT2D eigenvalue weighted by molar-refractivity contribution is 8.00. The van der Waals surface area contributed by atoms with Crippen molar-refractivity contribution in [1.82, 2.24) is 0 Å². The van der Waals surface area contributed by atoms with Crippen LogP contribution in [-0.2, 0) is 4.79 Å². The number of carbonyl (C=O) groups is 3. The third kappa shape index (κ3) is 6.62. The molecule has 0 saturated heterocycles. The van der Waals surface area contributed by atoms with E-state index in [9.17, 15) is 19.5 Å². The van der Waals surface area contributed by atoms with Crippen LogP contribution in [0.15, 0.2) is 41.3 Å². The lowest BCUT2D eigenvalue weighted by Crippen LogP contribution is -2.22. The Hall–Kier alpha value is -2.33. The van der Waals surface area contributed by atoms with Gasteiger partial charge >= 0.3 is 5.97 Å². The van der Waals surface area contributed by atoms with Crippen LogP contribution in [0.3, 0.4) is 0 Å². The lowest BCUT2D eigenvalue weighted by Gasteiger charge is -2.16. The van der Waals surface area contributed by atoms with E-state index in [1.54, 1.807) is 43.3 Å². The Morgan fingerprint density at radius 3 is 2.03 bits per heavy atom. The number of rotatable bonds is 8. The van der Waals surface area contributed by atoms with E-state index >= 15 is 0 Å². The number of methoxy groups -OCH3 is 1. The molecule has 2 amide bonds. The minimum absolute atomic E-state index is 0.237. The van der Waals surface area contributed by atoms with E-state index < -0.39 is 33.3 Å². The van der Waals surface area contributed by atoms with E-state index in [0.717, 1.165) is 10.5 Å². The zero-order valence-electron chi connectivity index (χ0n) is 19.9. The smallest absolute Gasteiger partial charge is 0.338 e. The first kappa shape index (κ1) is 30.2. The van der Waals surface area contributed by atoms with Gasteiger partial charge in [-0.3, -0.25) is 9.59 Å². The number of ether oxygens (including phenoxy) is 1. The average Bonchev–Trinajstić information content (AvgIpc) is 2.87. The number of benzene rings is 3.